The van der Waals surface area contributed by atoms with E-state index in [-0.39, 0.29) is 0 Å². The average Bonchev–Trinajstić information content (AvgIpc) is 2.25. The minimum absolute atomic E-state index is 0.716. The molecule has 0 N–H and O–H groups in total. The zero-order valence-electron chi connectivity index (χ0n) is 8.74. The van der Waals surface area contributed by atoms with E-state index in [1.54, 1.807) is 7.11 Å². The number of methoxy groups -OCH3 is 1. The van der Waals surface area contributed by atoms with Crippen LogP contribution in [0.15, 0.2) is 30.3 Å². The number of hydrogen-bond donors (Lipinski definition) is 0. The van der Waals surface area contributed by atoms with Crippen molar-refractivity contribution in [3.8, 4) is 0 Å². The molecular weight excluding hydrogens is 176 g/mol. The summed E-state index contributed by atoms with van der Waals surface area (Å²) in [4.78, 5) is 0. The van der Waals surface area contributed by atoms with Gasteiger partial charge in [0.15, 0.2) is 0 Å². The van der Waals surface area contributed by atoms with Gasteiger partial charge in [-0.1, -0.05) is 30.3 Å². The first-order valence-electron chi connectivity index (χ1n) is 5.04. The van der Waals surface area contributed by atoms with Crippen LogP contribution < -0.4 is 0 Å². The van der Waals surface area contributed by atoms with Crippen LogP contribution in [0.2, 0.25) is 0 Å². The van der Waals surface area contributed by atoms with Gasteiger partial charge >= 0.3 is 0 Å². The highest BCUT2D eigenvalue weighted by molar-refractivity contribution is 5.13. The summed E-state index contributed by atoms with van der Waals surface area (Å²) in [6.07, 6.45) is 2.14. The van der Waals surface area contributed by atoms with Crippen molar-refractivity contribution in [1.29, 1.82) is 0 Å². The third-order valence-electron chi connectivity index (χ3n) is 2.00. The fourth-order valence-corrected chi connectivity index (χ4v) is 1.21. The van der Waals surface area contributed by atoms with Gasteiger partial charge in [0, 0.05) is 20.3 Å². The van der Waals surface area contributed by atoms with Crippen LogP contribution in [0.5, 0.6) is 0 Å². The number of ether oxygens (including phenoxy) is 2. The Bertz CT molecular complexity index is 221. The van der Waals surface area contributed by atoms with Gasteiger partial charge in [0.25, 0.3) is 0 Å². The zero-order chi connectivity index (χ0) is 10.1. The second kappa shape index (κ2) is 7.54. The van der Waals surface area contributed by atoms with E-state index >= 15 is 0 Å². The molecule has 0 saturated heterocycles. The molecule has 2 nitrogen and oxygen atoms in total. The SMILES string of the molecule is COCCCCOCc1ccccc1. The van der Waals surface area contributed by atoms with Gasteiger partial charge in [-0.3, -0.25) is 0 Å². The predicted octanol–water partition coefficient (Wildman–Crippen LogP) is 2.63. The quantitative estimate of drug-likeness (QED) is 0.621. The molecule has 78 valence electrons. The molecule has 0 radical (unpaired) electrons. The van der Waals surface area contributed by atoms with Gasteiger partial charge in [-0.25, -0.2) is 0 Å². The van der Waals surface area contributed by atoms with Crippen molar-refractivity contribution < 1.29 is 9.47 Å². The van der Waals surface area contributed by atoms with E-state index in [0.29, 0.717) is 6.61 Å². The number of rotatable bonds is 7. The third kappa shape index (κ3) is 5.00. The summed E-state index contributed by atoms with van der Waals surface area (Å²) >= 11 is 0. The van der Waals surface area contributed by atoms with E-state index in [2.05, 4.69) is 12.1 Å². The van der Waals surface area contributed by atoms with Gasteiger partial charge in [-0.05, 0) is 18.4 Å². The molecule has 14 heavy (non-hydrogen) atoms. The Kier molecular flexibility index (Phi) is 6.04. The Labute approximate surface area is 85.8 Å². The number of benzene rings is 1. The predicted molar refractivity (Wildman–Crippen MR) is 57.2 cm³/mol. The van der Waals surface area contributed by atoms with E-state index < -0.39 is 0 Å². The van der Waals surface area contributed by atoms with Gasteiger partial charge < -0.3 is 9.47 Å². The molecule has 0 fully saturated rings. The van der Waals surface area contributed by atoms with Gasteiger partial charge in [0.2, 0.25) is 0 Å². The molecule has 0 atom stereocenters. The fourth-order valence-electron chi connectivity index (χ4n) is 1.21. The van der Waals surface area contributed by atoms with Crippen molar-refractivity contribution >= 4 is 0 Å². The Balaban J connectivity index is 1.99. The fraction of sp³-hybridized carbons (Fsp3) is 0.500. The highest BCUT2D eigenvalue weighted by Crippen LogP contribution is 2.01. The molecular formula is C12H18O2. The normalized spacial score (nSPS) is 10.4. The Morgan fingerprint density at radius 3 is 2.43 bits per heavy atom. The van der Waals surface area contributed by atoms with E-state index in [0.717, 1.165) is 26.1 Å². The molecule has 0 aromatic heterocycles. The van der Waals surface area contributed by atoms with E-state index in [4.69, 9.17) is 9.47 Å². The summed E-state index contributed by atoms with van der Waals surface area (Å²) in [5, 5.41) is 0. The van der Waals surface area contributed by atoms with Gasteiger partial charge in [0.1, 0.15) is 0 Å². The summed E-state index contributed by atoms with van der Waals surface area (Å²) < 4.78 is 10.5. The molecule has 0 amide bonds. The van der Waals surface area contributed by atoms with Crippen LogP contribution in [0.4, 0.5) is 0 Å². The van der Waals surface area contributed by atoms with Crippen LogP contribution in [0.25, 0.3) is 0 Å². The monoisotopic (exact) mass is 194 g/mol. The maximum Gasteiger partial charge on any atom is 0.0716 e. The van der Waals surface area contributed by atoms with Crippen LogP contribution in [-0.4, -0.2) is 20.3 Å². The molecule has 0 spiro atoms. The largest absolute Gasteiger partial charge is 0.385 e. The number of unbranched alkanes of at least 4 members (excludes halogenated alkanes) is 1. The molecule has 0 aliphatic heterocycles. The smallest absolute Gasteiger partial charge is 0.0716 e. The van der Waals surface area contributed by atoms with Crippen LogP contribution in [0.1, 0.15) is 18.4 Å². The summed E-state index contributed by atoms with van der Waals surface area (Å²) in [5.41, 5.74) is 1.24. The van der Waals surface area contributed by atoms with Crippen molar-refractivity contribution in [3.63, 3.8) is 0 Å². The van der Waals surface area contributed by atoms with Gasteiger partial charge in [0.05, 0.1) is 6.61 Å². The molecule has 0 bridgehead atoms. The lowest BCUT2D eigenvalue weighted by atomic mass is 10.2. The highest BCUT2D eigenvalue weighted by Gasteiger charge is 1.91. The molecule has 0 saturated carbocycles. The maximum atomic E-state index is 5.51. The van der Waals surface area contributed by atoms with Gasteiger partial charge in [-0.15, -0.1) is 0 Å². The number of hydrogen-bond acceptors (Lipinski definition) is 2. The summed E-state index contributed by atoms with van der Waals surface area (Å²) in [7, 11) is 1.73. The Morgan fingerprint density at radius 2 is 1.71 bits per heavy atom. The molecule has 0 unspecified atom stereocenters. The molecule has 0 aliphatic rings. The van der Waals surface area contributed by atoms with Crippen molar-refractivity contribution in [2.24, 2.45) is 0 Å². The first-order chi connectivity index (χ1) is 6.93. The molecule has 2 heteroatoms. The molecule has 1 aromatic carbocycles. The Hall–Kier alpha value is -0.860. The second-order valence-corrected chi connectivity index (χ2v) is 3.24. The lowest BCUT2D eigenvalue weighted by Crippen LogP contribution is -1.97. The Morgan fingerprint density at radius 1 is 1.00 bits per heavy atom. The minimum Gasteiger partial charge on any atom is -0.385 e. The van der Waals surface area contributed by atoms with Crippen LogP contribution in [0.3, 0.4) is 0 Å². The molecule has 0 heterocycles. The van der Waals surface area contributed by atoms with Crippen molar-refractivity contribution in [2.75, 3.05) is 20.3 Å². The lowest BCUT2D eigenvalue weighted by Gasteiger charge is -2.03. The van der Waals surface area contributed by atoms with E-state index in [1.165, 1.54) is 5.56 Å². The second-order valence-electron chi connectivity index (χ2n) is 3.24. The summed E-state index contributed by atoms with van der Waals surface area (Å²) in [5.74, 6) is 0. The van der Waals surface area contributed by atoms with Crippen LogP contribution in [0, 0.1) is 0 Å². The van der Waals surface area contributed by atoms with Crippen LogP contribution >= 0.6 is 0 Å². The maximum absolute atomic E-state index is 5.51. The van der Waals surface area contributed by atoms with Crippen LogP contribution in [-0.2, 0) is 16.1 Å². The first-order valence-corrected chi connectivity index (χ1v) is 5.04. The van der Waals surface area contributed by atoms with Crippen molar-refractivity contribution in [1.82, 2.24) is 0 Å². The van der Waals surface area contributed by atoms with Gasteiger partial charge in [-0.2, -0.15) is 0 Å². The summed E-state index contributed by atoms with van der Waals surface area (Å²) in [6, 6.07) is 10.2. The van der Waals surface area contributed by atoms with E-state index in [9.17, 15) is 0 Å². The summed E-state index contributed by atoms with van der Waals surface area (Å²) in [6.45, 7) is 2.36. The highest BCUT2D eigenvalue weighted by atomic mass is 16.5. The van der Waals surface area contributed by atoms with Crippen molar-refractivity contribution in [2.45, 2.75) is 19.4 Å². The zero-order valence-corrected chi connectivity index (χ0v) is 8.74. The van der Waals surface area contributed by atoms with Crippen molar-refractivity contribution in [3.05, 3.63) is 35.9 Å². The standard InChI is InChI=1S/C12H18O2/c1-13-9-5-6-10-14-11-12-7-3-2-4-8-12/h2-4,7-8H,5-6,9-11H2,1H3. The lowest BCUT2D eigenvalue weighted by molar-refractivity contribution is 0.108. The first kappa shape index (κ1) is 11.2. The molecule has 0 aliphatic carbocycles. The third-order valence-corrected chi connectivity index (χ3v) is 2.00. The average molecular weight is 194 g/mol. The molecule has 1 rings (SSSR count). The topological polar surface area (TPSA) is 18.5 Å². The van der Waals surface area contributed by atoms with E-state index in [1.807, 2.05) is 18.2 Å². The minimum atomic E-state index is 0.716. The molecule has 1 aromatic rings.